The van der Waals surface area contributed by atoms with Gasteiger partial charge in [0.2, 0.25) is 0 Å². The molecule has 22 heavy (non-hydrogen) atoms. The van der Waals surface area contributed by atoms with Crippen LogP contribution in [0.2, 0.25) is 5.02 Å². The Bertz CT molecular complexity index is 665. The van der Waals surface area contributed by atoms with Crippen molar-refractivity contribution in [2.75, 3.05) is 24.7 Å². The number of likely N-dealkylation sites (N-methyl/N-ethyl adjacent to an activating group) is 1. The Kier molecular flexibility index (Phi) is 5.74. The number of sulfone groups is 1. The number of carbonyl (C=O) groups is 1. The molecule has 0 saturated carbocycles. The molecule has 1 amide bonds. The fourth-order valence-corrected chi connectivity index (χ4v) is 4.93. The van der Waals surface area contributed by atoms with Crippen LogP contribution in [0.15, 0.2) is 22.7 Å². The quantitative estimate of drug-likeness (QED) is 0.748. The van der Waals surface area contributed by atoms with Crippen LogP contribution in [-0.4, -0.2) is 49.9 Å². The number of rotatable bonds is 5. The zero-order valence-electron chi connectivity index (χ0n) is 12.1. The number of ether oxygens (including phenoxy) is 1. The van der Waals surface area contributed by atoms with Gasteiger partial charge < -0.3 is 9.64 Å². The molecule has 2 rings (SSSR count). The fourth-order valence-electron chi connectivity index (χ4n) is 2.47. The lowest BCUT2D eigenvalue weighted by Crippen LogP contribution is -2.43. The van der Waals surface area contributed by atoms with E-state index in [9.17, 15) is 13.2 Å². The highest BCUT2D eigenvalue weighted by molar-refractivity contribution is 9.10. The number of benzene rings is 1. The van der Waals surface area contributed by atoms with Crippen LogP contribution in [0.1, 0.15) is 13.3 Å². The first-order valence-corrected chi connectivity index (χ1v) is 9.89. The van der Waals surface area contributed by atoms with Gasteiger partial charge in [0.05, 0.1) is 16.5 Å². The molecule has 5 nitrogen and oxygen atoms in total. The van der Waals surface area contributed by atoms with Crippen LogP contribution < -0.4 is 4.74 Å². The Morgan fingerprint density at radius 3 is 2.77 bits per heavy atom. The van der Waals surface area contributed by atoms with Gasteiger partial charge in [0.25, 0.3) is 5.91 Å². The van der Waals surface area contributed by atoms with E-state index in [0.717, 1.165) is 4.47 Å². The zero-order valence-corrected chi connectivity index (χ0v) is 15.2. The molecule has 1 aliphatic heterocycles. The lowest BCUT2D eigenvalue weighted by atomic mass is 10.2. The molecule has 1 fully saturated rings. The molecule has 0 aromatic heterocycles. The Morgan fingerprint density at radius 2 is 2.23 bits per heavy atom. The highest BCUT2D eigenvalue weighted by Gasteiger charge is 2.33. The van der Waals surface area contributed by atoms with E-state index in [1.54, 1.807) is 23.1 Å². The van der Waals surface area contributed by atoms with E-state index in [-0.39, 0.29) is 30.1 Å². The molecule has 0 radical (unpaired) electrons. The second-order valence-corrected chi connectivity index (χ2v) is 8.65. The second kappa shape index (κ2) is 7.19. The number of amides is 1. The van der Waals surface area contributed by atoms with Crippen molar-refractivity contribution in [3.63, 3.8) is 0 Å². The van der Waals surface area contributed by atoms with Gasteiger partial charge in [-0.15, -0.1) is 0 Å². The van der Waals surface area contributed by atoms with Crippen LogP contribution in [0, 0.1) is 0 Å². The van der Waals surface area contributed by atoms with Gasteiger partial charge in [-0.1, -0.05) is 27.5 Å². The summed E-state index contributed by atoms with van der Waals surface area (Å²) in [5, 5.41) is 0.411. The van der Waals surface area contributed by atoms with Gasteiger partial charge in [0.1, 0.15) is 5.75 Å². The fraction of sp³-hybridized carbons (Fsp3) is 0.500. The number of hydrogen-bond donors (Lipinski definition) is 0. The molecular formula is C14H17BrClNO4S. The van der Waals surface area contributed by atoms with Gasteiger partial charge in [-0.2, -0.15) is 0 Å². The van der Waals surface area contributed by atoms with Crippen molar-refractivity contribution in [1.82, 2.24) is 4.90 Å². The molecule has 1 aromatic rings. The van der Waals surface area contributed by atoms with Crippen LogP contribution in [0.5, 0.6) is 5.75 Å². The Labute approximate surface area is 143 Å². The van der Waals surface area contributed by atoms with E-state index in [4.69, 9.17) is 16.3 Å². The Balaban J connectivity index is 1.98. The SMILES string of the molecule is CCN(C(=O)COc1ccc(Br)cc1Cl)[C@H]1CCS(=O)(=O)C1. The number of carbonyl (C=O) groups excluding carboxylic acids is 1. The van der Waals surface area contributed by atoms with E-state index >= 15 is 0 Å². The number of halogens is 2. The summed E-state index contributed by atoms with van der Waals surface area (Å²) in [6.07, 6.45) is 0.487. The van der Waals surface area contributed by atoms with Gasteiger partial charge in [-0.25, -0.2) is 8.42 Å². The van der Waals surface area contributed by atoms with E-state index < -0.39 is 9.84 Å². The summed E-state index contributed by atoms with van der Waals surface area (Å²) in [5.41, 5.74) is 0. The molecule has 8 heteroatoms. The molecule has 1 aliphatic rings. The van der Waals surface area contributed by atoms with Gasteiger partial charge in [0.15, 0.2) is 16.4 Å². The van der Waals surface area contributed by atoms with Crippen LogP contribution in [0.4, 0.5) is 0 Å². The van der Waals surface area contributed by atoms with Crippen molar-refractivity contribution in [2.45, 2.75) is 19.4 Å². The third kappa shape index (κ3) is 4.36. The molecular weight excluding hydrogens is 394 g/mol. The summed E-state index contributed by atoms with van der Waals surface area (Å²) >= 11 is 9.33. The molecule has 0 aliphatic carbocycles. The molecule has 1 atom stereocenters. The van der Waals surface area contributed by atoms with Crippen LogP contribution >= 0.6 is 27.5 Å². The molecule has 0 spiro atoms. The summed E-state index contributed by atoms with van der Waals surface area (Å²) in [5.74, 6) is 0.365. The summed E-state index contributed by atoms with van der Waals surface area (Å²) in [6.45, 7) is 2.12. The third-order valence-corrected chi connectivity index (χ3v) is 6.09. The first kappa shape index (κ1) is 17.6. The average molecular weight is 411 g/mol. The molecule has 1 heterocycles. The largest absolute Gasteiger partial charge is 0.482 e. The smallest absolute Gasteiger partial charge is 0.260 e. The molecule has 0 unspecified atom stereocenters. The van der Waals surface area contributed by atoms with Crippen molar-refractivity contribution in [1.29, 1.82) is 0 Å². The van der Waals surface area contributed by atoms with E-state index in [2.05, 4.69) is 15.9 Å². The average Bonchev–Trinajstić information content (AvgIpc) is 2.78. The second-order valence-electron chi connectivity index (χ2n) is 5.10. The van der Waals surface area contributed by atoms with Crippen molar-refractivity contribution >= 4 is 43.3 Å². The molecule has 122 valence electrons. The maximum atomic E-state index is 12.3. The van der Waals surface area contributed by atoms with E-state index in [1.807, 2.05) is 6.92 Å². The third-order valence-electron chi connectivity index (χ3n) is 3.56. The van der Waals surface area contributed by atoms with Gasteiger partial charge in [-0.3, -0.25) is 4.79 Å². The van der Waals surface area contributed by atoms with Gasteiger partial charge in [-0.05, 0) is 31.5 Å². The van der Waals surface area contributed by atoms with Crippen molar-refractivity contribution < 1.29 is 17.9 Å². The van der Waals surface area contributed by atoms with E-state index in [1.165, 1.54) is 0 Å². The van der Waals surface area contributed by atoms with E-state index in [0.29, 0.717) is 23.7 Å². The van der Waals surface area contributed by atoms with Gasteiger partial charge in [0, 0.05) is 17.1 Å². The Morgan fingerprint density at radius 1 is 1.50 bits per heavy atom. The number of hydrogen-bond acceptors (Lipinski definition) is 4. The predicted molar refractivity (Wildman–Crippen MR) is 89.1 cm³/mol. The summed E-state index contributed by atoms with van der Waals surface area (Å²) in [6, 6.07) is 4.87. The maximum absolute atomic E-state index is 12.3. The summed E-state index contributed by atoms with van der Waals surface area (Å²) in [7, 11) is -3.02. The highest BCUT2D eigenvalue weighted by Crippen LogP contribution is 2.28. The summed E-state index contributed by atoms with van der Waals surface area (Å²) < 4.78 is 29.4. The van der Waals surface area contributed by atoms with Crippen LogP contribution in [0.3, 0.4) is 0 Å². The van der Waals surface area contributed by atoms with Crippen LogP contribution in [0.25, 0.3) is 0 Å². The first-order valence-electron chi connectivity index (χ1n) is 6.90. The molecule has 0 N–H and O–H groups in total. The summed E-state index contributed by atoms with van der Waals surface area (Å²) in [4.78, 5) is 13.8. The minimum absolute atomic E-state index is 0.0334. The minimum atomic E-state index is -3.02. The monoisotopic (exact) mass is 409 g/mol. The first-order chi connectivity index (χ1) is 10.3. The minimum Gasteiger partial charge on any atom is -0.482 e. The maximum Gasteiger partial charge on any atom is 0.260 e. The van der Waals surface area contributed by atoms with Crippen molar-refractivity contribution in [3.05, 3.63) is 27.7 Å². The molecule has 0 bridgehead atoms. The van der Waals surface area contributed by atoms with Gasteiger partial charge >= 0.3 is 0 Å². The lowest BCUT2D eigenvalue weighted by molar-refractivity contribution is -0.135. The topological polar surface area (TPSA) is 63.7 Å². The van der Waals surface area contributed by atoms with Crippen molar-refractivity contribution in [2.24, 2.45) is 0 Å². The predicted octanol–water partition coefficient (Wildman–Crippen LogP) is 2.52. The van der Waals surface area contributed by atoms with Crippen LogP contribution in [-0.2, 0) is 14.6 Å². The normalized spacial score (nSPS) is 19.9. The molecule has 1 aromatic carbocycles. The lowest BCUT2D eigenvalue weighted by Gasteiger charge is -2.26. The zero-order chi connectivity index (χ0) is 16.3. The standard InChI is InChI=1S/C14H17BrClNO4S/c1-2-17(11-5-6-22(19,20)9-11)14(18)8-21-13-4-3-10(15)7-12(13)16/h3-4,7,11H,2,5-6,8-9H2,1H3/t11-/m0/s1. The molecule has 1 saturated heterocycles. The Hall–Kier alpha value is -0.790. The van der Waals surface area contributed by atoms with Crippen molar-refractivity contribution in [3.8, 4) is 5.75 Å². The number of nitrogens with zero attached hydrogens (tertiary/aromatic N) is 1. The highest BCUT2D eigenvalue weighted by atomic mass is 79.9.